The molecule has 2 heteroatoms. The van der Waals surface area contributed by atoms with Crippen LogP contribution in [0.5, 0.6) is 0 Å². The first-order valence-electron chi connectivity index (χ1n) is 5.35. The molecule has 0 unspecified atom stereocenters. The highest BCUT2D eigenvalue weighted by Gasteiger charge is 2.11. The number of alkyl halides is 1. The Balaban J connectivity index is 2.31. The van der Waals surface area contributed by atoms with Crippen LogP contribution in [0.3, 0.4) is 0 Å². The lowest BCUT2D eigenvalue weighted by Gasteiger charge is -2.17. The first-order chi connectivity index (χ1) is 7.92. The van der Waals surface area contributed by atoms with Crippen LogP contribution < -0.4 is 10.6 Å². The minimum absolute atomic E-state index is 0.283. The summed E-state index contributed by atoms with van der Waals surface area (Å²) in [4.78, 5) is 0. The second-order valence-electron chi connectivity index (χ2n) is 3.51. The van der Waals surface area contributed by atoms with Gasteiger partial charge in [0.2, 0.25) is 0 Å². The van der Waals surface area contributed by atoms with Crippen molar-refractivity contribution in [3.05, 3.63) is 60.7 Å². The van der Waals surface area contributed by atoms with E-state index in [1.165, 1.54) is 10.6 Å². The van der Waals surface area contributed by atoms with E-state index < -0.39 is 0 Å². The highest BCUT2D eigenvalue weighted by molar-refractivity contribution is 7.73. The third kappa shape index (κ3) is 2.84. The van der Waals surface area contributed by atoms with Crippen LogP contribution in [0.4, 0.5) is 0 Å². The number of hydrogen-bond donors (Lipinski definition) is 0. The molecule has 0 fully saturated rings. The molecule has 2 aromatic rings. The average Bonchev–Trinajstić information content (AvgIpc) is 2.38. The molecule has 0 spiro atoms. The molecule has 0 radical (unpaired) electrons. The Kier molecular flexibility index (Phi) is 4.39. The molecule has 0 aliphatic heterocycles. The Hall–Kier alpha value is -0.840. The maximum absolute atomic E-state index is 5.91. The predicted octanol–water partition coefficient (Wildman–Crippen LogP) is 3.36. The summed E-state index contributed by atoms with van der Waals surface area (Å²) in [5.41, 5.74) is 0. The van der Waals surface area contributed by atoms with Gasteiger partial charge in [0.1, 0.15) is 0 Å². The van der Waals surface area contributed by atoms with E-state index in [1.807, 2.05) is 0 Å². The highest BCUT2D eigenvalue weighted by Crippen LogP contribution is 2.32. The minimum Gasteiger partial charge on any atom is -0.126 e. The van der Waals surface area contributed by atoms with Gasteiger partial charge in [0.25, 0.3) is 0 Å². The molecule has 0 saturated heterocycles. The quantitative estimate of drug-likeness (QED) is 0.575. The highest BCUT2D eigenvalue weighted by atomic mass is 35.5. The molecule has 0 aliphatic carbocycles. The SMILES string of the molecule is ClCCP(c1ccccc1)c1ccccc1. The van der Waals surface area contributed by atoms with Crippen LogP contribution in [0.1, 0.15) is 0 Å². The van der Waals surface area contributed by atoms with Crippen molar-refractivity contribution in [3.8, 4) is 0 Å². The molecule has 0 heterocycles. The molecule has 0 nitrogen and oxygen atoms in total. The van der Waals surface area contributed by atoms with Gasteiger partial charge in [0, 0.05) is 5.88 Å². The maximum Gasteiger partial charge on any atom is 0.0268 e. The molecule has 82 valence electrons. The van der Waals surface area contributed by atoms with Crippen LogP contribution >= 0.6 is 19.5 Å². The van der Waals surface area contributed by atoms with Crippen LogP contribution in [-0.4, -0.2) is 12.0 Å². The zero-order valence-corrected chi connectivity index (χ0v) is 10.7. The lowest BCUT2D eigenvalue weighted by atomic mass is 10.4. The van der Waals surface area contributed by atoms with Gasteiger partial charge in [0.05, 0.1) is 0 Å². The Bertz CT molecular complexity index is 374. The fourth-order valence-corrected chi connectivity index (χ4v) is 4.26. The van der Waals surface area contributed by atoms with Gasteiger partial charge in [-0.05, 0) is 24.7 Å². The topological polar surface area (TPSA) is 0 Å². The van der Waals surface area contributed by atoms with Crippen molar-refractivity contribution < 1.29 is 0 Å². The zero-order chi connectivity index (χ0) is 11.2. The van der Waals surface area contributed by atoms with Gasteiger partial charge < -0.3 is 0 Å². The summed E-state index contributed by atoms with van der Waals surface area (Å²) < 4.78 is 0. The van der Waals surface area contributed by atoms with E-state index in [4.69, 9.17) is 11.6 Å². The zero-order valence-electron chi connectivity index (χ0n) is 9.01. The predicted molar refractivity (Wildman–Crippen MR) is 74.7 cm³/mol. The van der Waals surface area contributed by atoms with Crippen molar-refractivity contribution in [2.75, 3.05) is 12.0 Å². The fourth-order valence-electron chi connectivity index (χ4n) is 1.71. The van der Waals surface area contributed by atoms with Gasteiger partial charge in [-0.15, -0.1) is 11.6 Å². The molecular formula is C14H14ClP. The summed E-state index contributed by atoms with van der Waals surface area (Å²) in [5.74, 6) is 0.718. The second kappa shape index (κ2) is 6.03. The summed E-state index contributed by atoms with van der Waals surface area (Å²) in [6, 6.07) is 21.3. The first-order valence-corrected chi connectivity index (χ1v) is 7.41. The number of hydrogen-bond acceptors (Lipinski definition) is 0. The molecule has 2 aromatic carbocycles. The van der Waals surface area contributed by atoms with Crippen molar-refractivity contribution in [1.82, 2.24) is 0 Å². The van der Waals surface area contributed by atoms with Crippen LogP contribution in [0, 0.1) is 0 Å². The standard InChI is InChI=1S/C14H14ClP/c15-11-12-16(13-7-3-1-4-8-13)14-9-5-2-6-10-14/h1-10H,11-12H2. The first kappa shape index (κ1) is 11.6. The molecule has 0 bridgehead atoms. The average molecular weight is 249 g/mol. The van der Waals surface area contributed by atoms with Crippen LogP contribution in [-0.2, 0) is 0 Å². The molecule has 2 rings (SSSR count). The van der Waals surface area contributed by atoms with Crippen LogP contribution in [0.2, 0.25) is 0 Å². The summed E-state index contributed by atoms with van der Waals surface area (Å²) >= 11 is 5.91. The summed E-state index contributed by atoms with van der Waals surface area (Å²) in [7, 11) is -0.283. The Labute approximate surface area is 103 Å². The number of rotatable bonds is 4. The Morgan fingerprint density at radius 1 is 0.750 bits per heavy atom. The third-order valence-electron chi connectivity index (χ3n) is 2.44. The molecule has 0 atom stereocenters. The smallest absolute Gasteiger partial charge is 0.0268 e. The van der Waals surface area contributed by atoms with E-state index in [-0.39, 0.29) is 7.92 Å². The van der Waals surface area contributed by atoms with E-state index in [1.54, 1.807) is 0 Å². The Morgan fingerprint density at radius 2 is 1.19 bits per heavy atom. The van der Waals surface area contributed by atoms with Crippen molar-refractivity contribution in [1.29, 1.82) is 0 Å². The van der Waals surface area contributed by atoms with Crippen molar-refractivity contribution in [3.63, 3.8) is 0 Å². The lowest BCUT2D eigenvalue weighted by molar-refractivity contribution is 1.51. The summed E-state index contributed by atoms with van der Waals surface area (Å²) in [5, 5.41) is 2.81. The molecule has 16 heavy (non-hydrogen) atoms. The number of halogens is 1. The van der Waals surface area contributed by atoms with Crippen molar-refractivity contribution >= 4 is 30.1 Å². The lowest BCUT2D eigenvalue weighted by Crippen LogP contribution is -2.14. The minimum atomic E-state index is -0.283. The van der Waals surface area contributed by atoms with E-state index in [0.29, 0.717) is 0 Å². The molecule has 0 aromatic heterocycles. The third-order valence-corrected chi connectivity index (χ3v) is 5.41. The largest absolute Gasteiger partial charge is 0.126 e. The normalized spacial score (nSPS) is 10.6. The van der Waals surface area contributed by atoms with Crippen molar-refractivity contribution in [2.24, 2.45) is 0 Å². The van der Waals surface area contributed by atoms with Gasteiger partial charge in [0.15, 0.2) is 0 Å². The molecule has 0 amide bonds. The van der Waals surface area contributed by atoms with Gasteiger partial charge in [-0.2, -0.15) is 0 Å². The molecule has 0 saturated carbocycles. The monoisotopic (exact) mass is 248 g/mol. The van der Waals surface area contributed by atoms with E-state index in [9.17, 15) is 0 Å². The summed E-state index contributed by atoms with van der Waals surface area (Å²) in [6.07, 6.45) is 1.05. The molecular weight excluding hydrogens is 235 g/mol. The van der Waals surface area contributed by atoms with Gasteiger partial charge in [-0.1, -0.05) is 60.7 Å². The van der Waals surface area contributed by atoms with Crippen LogP contribution in [0.15, 0.2) is 60.7 Å². The Morgan fingerprint density at radius 3 is 1.56 bits per heavy atom. The fraction of sp³-hybridized carbons (Fsp3) is 0.143. The van der Waals surface area contributed by atoms with Crippen molar-refractivity contribution in [2.45, 2.75) is 0 Å². The molecule has 0 N–H and O–H groups in total. The maximum atomic E-state index is 5.91. The van der Waals surface area contributed by atoms with E-state index >= 15 is 0 Å². The van der Waals surface area contributed by atoms with Gasteiger partial charge in [-0.25, -0.2) is 0 Å². The number of benzene rings is 2. The molecule has 0 aliphatic rings. The van der Waals surface area contributed by atoms with E-state index in [2.05, 4.69) is 60.7 Å². The van der Waals surface area contributed by atoms with E-state index in [0.717, 1.165) is 12.0 Å². The van der Waals surface area contributed by atoms with Crippen LogP contribution in [0.25, 0.3) is 0 Å². The van der Waals surface area contributed by atoms with Gasteiger partial charge in [-0.3, -0.25) is 0 Å². The summed E-state index contributed by atoms with van der Waals surface area (Å²) in [6.45, 7) is 0. The van der Waals surface area contributed by atoms with Gasteiger partial charge >= 0.3 is 0 Å². The second-order valence-corrected chi connectivity index (χ2v) is 6.23.